The van der Waals surface area contributed by atoms with Crippen LogP contribution >= 0.6 is 0 Å². The molecule has 0 aliphatic rings. The van der Waals surface area contributed by atoms with Crippen LogP contribution < -0.4 is 11.5 Å². The highest BCUT2D eigenvalue weighted by Gasteiger charge is 2.28. The number of aliphatic hydroxyl groups is 1. The highest BCUT2D eigenvalue weighted by molar-refractivity contribution is 5.87. The summed E-state index contributed by atoms with van der Waals surface area (Å²) in [6.07, 6.45) is 3.56. The number of aliphatic hydroxyl groups excluding tert-OH is 1. The second-order valence-corrected chi connectivity index (χ2v) is 8.18. The van der Waals surface area contributed by atoms with Gasteiger partial charge in [-0.1, -0.05) is 32.6 Å². The molecule has 1 aromatic heterocycles. The summed E-state index contributed by atoms with van der Waals surface area (Å²) in [4.78, 5) is 16.8. The Kier molecular flexibility index (Phi) is 7.94. The molecular weight excluding hydrogens is 392 g/mol. The number of aromatic hydroxyl groups is 1. The van der Waals surface area contributed by atoms with Crippen molar-refractivity contribution >= 4 is 23.5 Å². The van der Waals surface area contributed by atoms with Crippen molar-refractivity contribution in [2.24, 2.45) is 11.7 Å². The van der Waals surface area contributed by atoms with Gasteiger partial charge in [0.25, 0.3) is 0 Å². The van der Waals surface area contributed by atoms with Crippen molar-refractivity contribution in [2.75, 3.05) is 19.4 Å². The van der Waals surface area contributed by atoms with E-state index in [2.05, 4.69) is 25.4 Å². The number of phenolic OH excluding ortho intramolecular Hbond substituents is 1. The fraction of sp³-hybridized carbons (Fsp3) is 0.375. The predicted octanol–water partition coefficient (Wildman–Crippen LogP) is 3.20. The van der Waals surface area contributed by atoms with E-state index < -0.39 is 0 Å². The van der Waals surface area contributed by atoms with Crippen LogP contribution in [0, 0.1) is 12.8 Å². The smallest absolute Gasteiger partial charge is 0.246 e. The average molecular weight is 427 g/mol. The highest BCUT2D eigenvalue weighted by atomic mass is 16.3. The standard InChI is InChI=1S/C24H34N4O3/c1-6-22(31)28(5)16(13-29)11-18(14(2)3)23-15(4)19(24(26)27-23)12-20(25)17-9-7-8-10-21(17)30/h6-10,12,14,16,18,27,29-30H,1,11,13,25-26H2,2-5H3/b20-12-. The zero-order valence-corrected chi connectivity index (χ0v) is 18.7. The second-order valence-electron chi connectivity index (χ2n) is 8.18. The third-order valence-corrected chi connectivity index (χ3v) is 5.86. The number of anilines is 1. The lowest BCUT2D eigenvalue weighted by Crippen LogP contribution is -2.40. The first kappa shape index (κ1) is 24.1. The first-order chi connectivity index (χ1) is 14.6. The van der Waals surface area contributed by atoms with Gasteiger partial charge < -0.3 is 31.6 Å². The Morgan fingerprint density at radius 1 is 1.32 bits per heavy atom. The number of hydrogen-bond acceptors (Lipinski definition) is 5. The number of amides is 1. The molecule has 7 N–H and O–H groups in total. The molecule has 0 fully saturated rings. The number of benzene rings is 1. The largest absolute Gasteiger partial charge is 0.507 e. The van der Waals surface area contributed by atoms with Gasteiger partial charge in [-0.05, 0) is 49.1 Å². The van der Waals surface area contributed by atoms with E-state index in [1.807, 2.05) is 6.92 Å². The molecule has 1 amide bonds. The number of para-hydroxylation sites is 1. The van der Waals surface area contributed by atoms with E-state index in [-0.39, 0.29) is 36.1 Å². The van der Waals surface area contributed by atoms with Crippen LogP contribution in [0.5, 0.6) is 5.75 Å². The third kappa shape index (κ3) is 5.30. The minimum Gasteiger partial charge on any atom is -0.507 e. The molecular formula is C24H34N4O3. The van der Waals surface area contributed by atoms with Crippen molar-refractivity contribution in [3.63, 3.8) is 0 Å². The highest BCUT2D eigenvalue weighted by Crippen LogP contribution is 2.36. The van der Waals surface area contributed by atoms with Crippen molar-refractivity contribution < 1.29 is 15.0 Å². The Labute approximate surface area is 184 Å². The molecule has 2 aromatic rings. The van der Waals surface area contributed by atoms with Crippen molar-refractivity contribution in [3.05, 3.63) is 59.3 Å². The normalized spacial score (nSPS) is 13.8. The van der Waals surface area contributed by atoms with Crippen molar-refractivity contribution in [2.45, 2.75) is 39.2 Å². The zero-order valence-electron chi connectivity index (χ0n) is 18.7. The molecule has 0 saturated heterocycles. The van der Waals surface area contributed by atoms with Crippen LogP contribution in [0.25, 0.3) is 11.8 Å². The number of hydrogen-bond donors (Lipinski definition) is 5. The van der Waals surface area contributed by atoms with Crippen LogP contribution in [-0.2, 0) is 4.79 Å². The fourth-order valence-electron chi connectivity index (χ4n) is 3.86. The Hall–Kier alpha value is -3.19. The van der Waals surface area contributed by atoms with Crippen LogP contribution in [-0.4, -0.2) is 45.7 Å². The Morgan fingerprint density at radius 3 is 2.52 bits per heavy atom. The predicted molar refractivity (Wildman–Crippen MR) is 126 cm³/mol. The number of carbonyl (C=O) groups excluding carboxylic acids is 1. The number of nitrogen functional groups attached to an aromatic ring is 1. The van der Waals surface area contributed by atoms with Gasteiger partial charge in [-0.25, -0.2) is 0 Å². The van der Waals surface area contributed by atoms with Crippen LogP contribution in [0.4, 0.5) is 5.82 Å². The maximum absolute atomic E-state index is 12.0. The Morgan fingerprint density at radius 2 is 1.97 bits per heavy atom. The molecule has 0 spiro atoms. The maximum Gasteiger partial charge on any atom is 0.246 e. The minimum absolute atomic E-state index is 0.0213. The first-order valence-electron chi connectivity index (χ1n) is 10.4. The molecule has 31 heavy (non-hydrogen) atoms. The molecule has 0 aliphatic heterocycles. The summed E-state index contributed by atoms with van der Waals surface area (Å²) >= 11 is 0. The van der Waals surface area contributed by atoms with Crippen LogP contribution in [0.2, 0.25) is 0 Å². The van der Waals surface area contributed by atoms with E-state index in [1.165, 1.54) is 11.0 Å². The number of H-pyrrole nitrogens is 1. The number of likely N-dealkylation sites (N-methyl/N-ethyl adjacent to an activating group) is 1. The lowest BCUT2D eigenvalue weighted by Gasteiger charge is -2.31. The minimum atomic E-state index is -0.354. The van der Waals surface area contributed by atoms with Gasteiger partial charge in [0, 0.05) is 35.5 Å². The lowest BCUT2D eigenvalue weighted by atomic mass is 9.84. The van der Waals surface area contributed by atoms with Crippen molar-refractivity contribution in [1.29, 1.82) is 0 Å². The van der Waals surface area contributed by atoms with E-state index >= 15 is 0 Å². The van der Waals surface area contributed by atoms with Crippen LogP contribution in [0.3, 0.4) is 0 Å². The topological polar surface area (TPSA) is 129 Å². The van der Waals surface area contributed by atoms with Gasteiger partial charge in [0.1, 0.15) is 11.6 Å². The van der Waals surface area contributed by atoms with Gasteiger partial charge in [-0.3, -0.25) is 4.79 Å². The number of phenols is 1. The molecule has 2 atom stereocenters. The summed E-state index contributed by atoms with van der Waals surface area (Å²) in [5, 5.41) is 20.0. The lowest BCUT2D eigenvalue weighted by molar-refractivity contribution is -0.127. The molecule has 0 aliphatic carbocycles. The van der Waals surface area contributed by atoms with Gasteiger partial charge in [0.15, 0.2) is 0 Å². The quantitative estimate of drug-likeness (QED) is 0.393. The summed E-state index contributed by atoms with van der Waals surface area (Å²) in [7, 11) is 1.67. The van der Waals surface area contributed by atoms with E-state index in [1.54, 1.807) is 37.4 Å². The fourth-order valence-corrected chi connectivity index (χ4v) is 3.86. The van der Waals surface area contributed by atoms with Gasteiger partial charge >= 0.3 is 0 Å². The molecule has 2 unspecified atom stereocenters. The molecule has 168 valence electrons. The zero-order chi connectivity index (χ0) is 23.3. The Balaban J connectivity index is 2.43. The molecule has 2 rings (SSSR count). The number of carbonyl (C=O) groups is 1. The summed E-state index contributed by atoms with van der Waals surface area (Å²) in [6, 6.07) is 6.51. The molecule has 7 heteroatoms. The second kappa shape index (κ2) is 10.2. The van der Waals surface area contributed by atoms with Gasteiger partial charge in [-0.2, -0.15) is 0 Å². The summed E-state index contributed by atoms with van der Waals surface area (Å²) in [5.74, 6) is 0.596. The molecule has 7 nitrogen and oxygen atoms in total. The van der Waals surface area contributed by atoms with Gasteiger partial charge in [0.2, 0.25) is 5.91 Å². The molecule has 1 aromatic carbocycles. The Bertz CT molecular complexity index is 962. The average Bonchev–Trinajstić information content (AvgIpc) is 3.01. The number of nitrogens with one attached hydrogen (secondary N) is 1. The molecule has 1 heterocycles. The van der Waals surface area contributed by atoms with Crippen LogP contribution in [0.15, 0.2) is 36.9 Å². The number of aromatic nitrogens is 1. The van der Waals surface area contributed by atoms with E-state index in [4.69, 9.17) is 11.5 Å². The van der Waals surface area contributed by atoms with Crippen molar-refractivity contribution in [3.8, 4) is 5.75 Å². The van der Waals surface area contributed by atoms with E-state index in [0.717, 1.165) is 16.8 Å². The van der Waals surface area contributed by atoms with E-state index in [0.29, 0.717) is 23.5 Å². The van der Waals surface area contributed by atoms with Crippen molar-refractivity contribution in [1.82, 2.24) is 9.88 Å². The number of aromatic amines is 1. The number of nitrogens with zero attached hydrogens (tertiary/aromatic N) is 1. The molecule has 0 radical (unpaired) electrons. The van der Waals surface area contributed by atoms with E-state index in [9.17, 15) is 15.0 Å². The molecule has 0 bridgehead atoms. The third-order valence-electron chi connectivity index (χ3n) is 5.86. The number of nitrogens with two attached hydrogens (primary N) is 2. The summed E-state index contributed by atoms with van der Waals surface area (Å²) in [6.45, 7) is 9.53. The summed E-state index contributed by atoms with van der Waals surface area (Å²) < 4.78 is 0. The number of rotatable bonds is 9. The molecule has 0 saturated carbocycles. The monoisotopic (exact) mass is 426 g/mol. The summed E-state index contributed by atoms with van der Waals surface area (Å²) in [5.41, 5.74) is 16.1. The first-order valence-corrected chi connectivity index (χ1v) is 10.4. The SMILES string of the molecule is C=CC(=O)N(C)C(CO)CC(c1[nH]c(N)c(/C=C(\N)c2ccccc2O)c1C)C(C)C. The maximum atomic E-state index is 12.0. The van der Waals surface area contributed by atoms with Gasteiger partial charge in [-0.15, -0.1) is 0 Å². The van der Waals surface area contributed by atoms with Gasteiger partial charge in [0.05, 0.1) is 12.6 Å². The van der Waals surface area contributed by atoms with Crippen LogP contribution in [0.1, 0.15) is 48.6 Å².